The fourth-order valence-electron chi connectivity index (χ4n) is 4.94. The number of nitro groups is 1. The molecule has 0 aliphatic heterocycles. The Morgan fingerprint density at radius 1 is 1.15 bits per heavy atom. The van der Waals surface area contributed by atoms with Crippen molar-refractivity contribution in [3.05, 3.63) is 45.6 Å². The second kappa shape index (κ2) is 9.60. The molecule has 10 heteroatoms. The number of rotatable bonds is 6. The van der Waals surface area contributed by atoms with Crippen LogP contribution in [0.2, 0.25) is 0 Å². The molecule has 0 atom stereocenters. The van der Waals surface area contributed by atoms with Crippen molar-refractivity contribution in [3.8, 4) is 0 Å². The molecule has 2 aliphatic rings. The van der Waals surface area contributed by atoms with Gasteiger partial charge in [-0.25, -0.2) is 9.78 Å². The number of aryl methyl sites for hydroxylation is 1. The molecule has 4 rings (SSSR count). The number of fused-ring (bicyclic) bond motifs is 1. The van der Waals surface area contributed by atoms with E-state index < -0.39 is 11.0 Å². The molecular formula is C23H31N7O3. The third-order valence-electron chi connectivity index (χ3n) is 6.54. The fourth-order valence-corrected chi connectivity index (χ4v) is 4.94. The molecule has 0 radical (unpaired) electrons. The molecule has 2 aromatic rings. The van der Waals surface area contributed by atoms with Gasteiger partial charge in [0.25, 0.3) is 5.69 Å². The summed E-state index contributed by atoms with van der Waals surface area (Å²) in [6, 6.07) is 5.56. The minimum Gasteiger partial charge on any atom is -0.362 e. The van der Waals surface area contributed by atoms with E-state index in [1.807, 2.05) is 14.1 Å². The Morgan fingerprint density at radius 3 is 2.55 bits per heavy atom. The topological polar surface area (TPSA) is 131 Å². The minimum absolute atomic E-state index is 0.0599. The Kier molecular flexibility index (Phi) is 6.62. The van der Waals surface area contributed by atoms with Gasteiger partial charge in [0, 0.05) is 43.9 Å². The Bertz CT molecular complexity index is 1030. The molecule has 1 aromatic heterocycles. The van der Waals surface area contributed by atoms with Crippen LogP contribution >= 0.6 is 0 Å². The lowest BCUT2D eigenvalue weighted by atomic mass is 9.90. The number of urea groups is 1. The van der Waals surface area contributed by atoms with Gasteiger partial charge in [0.2, 0.25) is 5.95 Å². The van der Waals surface area contributed by atoms with E-state index in [4.69, 9.17) is 15.7 Å². The first-order valence-corrected chi connectivity index (χ1v) is 11.5. The molecule has 0 saturated heterocycles. The van der Waals surface area contributed by atoms with Crippen LogP contribution in [-0.4, -0.2) is 47.1 Å². The second-order valence-corrected chi connectivity index (χ2v) is 9.03. The van der Waals surface area contributed by atoms with Crippen LogP contribution in [0.3, 0.4) is 0 Å². The maximum atomic E-state index is 12.2. The van der Waals surface area contributed by atoms with Crippen LogP contribution in [0.1, 0.15) is 49.8 Å². The van der Waals surface area contributed by atoms with E-state index in [1.165, 1.54) is 29.0 Å². The SMILES string of the molecule is CN(C)c1nc(N[C@H]2CC[C@@H](N(C(N)=O)c3cccc([N+](=O)[O-])c3)CC2)nc2c1CCCC2. The summed E-state index contributed by atoms with van der Waals surface area (Å²) < 4.78 is 0. The molecule has 176 valence electrons. The summed E-state index contributed by atoms with van der Waals surface area (Å²) in [6.07, 6.45) is 7.44. The quantitative estimate of drug-likeness (QED) is 0.504. The highest BCUT2D eigenvalue weighted by Crippen LogP contribution is 2.32. The van der Waals surface area contributed by atoms with Gasteiger partial charge in [-0.2, -0.15) is 4.98 Å². The lowest BCUT2D eigenvalue weighted by molar-refractivity contribution is -0.384. The van der Waals surface area contributed by atoms with Crippen LogP contribution in [0.25, 0.3) is 0 Å². The summed E-state index contributed by atoms with van der Waals surface area (Å²) >= 11 is 0. The summed E-state index contributed by atoms with van der Waals surface area (Å²) in [7, 11) is 4.02. The Labute approximate surface area is 193 Å². The van der Waals surface area contributed by atoms with Gasteiger partial charge in [0.05, 0.1) is 16.3 Å². The average molecular weight is 454 g/mol. The monoisotopic (exact) mass is 453 g/mol. The first kappa shape index (κ1) is 22.8. The molecule has 2 aliphatic carbocycles. The van der Waals surface area contributed by atoms with Crippen molar-refractivity contribution in [2.45, 2.75) is 63.5 Å². The smallest absolute Gasteiger partial charge is 0.319 e. The predicted molar refractivity (Wildman–Crippen MR) is 128 cm³/mol. The second-order valence-electron chi connectivity index (χ2n) is 9.03. The molecule has 1 fully saturated rings. The Hall–Kier alpha value is -3.43. The molecule has 0 spiro atoms. The summed E-state index contributed by atoms with van der Waals surface area (Å²) in [5, 5.41) is 14.6. The highest BCUT2D eigenvalue weighted by Gasteiger charge is 2.30. The third-order valence-corrected chi connectivity index (χ3v) is 6.54. The van der Waals surface area contributed by atoms with Gasteiger partial charge in [0.15, 0.2) is 0 Å². The summed E-state index contributed by atoms with van der Waals surface area (Å²) in [5.74, 6) is 1.65. The lowest BCUT2D eigenvalue weighted by Crippen LogP contribution is -2.46. The molecule has 3 N–H and O–H groups in total. The maximum Gasteiger partial charge on any atom is 0.319 e. The fraction of sp³-hybridized carbons (Fsp3) is 0.522. The molecule has 2 amide bonds. The van der Waals surface area contributed by atoms with Crippen molar-refractivity contribution in [2.75, 3.05) is 29.2 Å². The van der Waals surface area contributed by atoms with Gasteiger partial charge in [-0.15, -0.1) is 0 Å². The molecule has 1 saturated carbocycles. The van der Waals surface area contributed by atoms with E-state index in [0.29, 0.717) is 11.6 Å². The summed E-state index contributed by atoms with van der Waals surface area (Å²) in [4.78, 5) is 36.0. The Balaban J connectivity index is 1.45. The predicted octanol–water partition coefficient (Wildman–Crippen LogP) is 3.64. The van der Waals surface area contributed by atoms with E-state index in [0.717, 1.165) is 56.5 Å². The lowest BCUT2D eigenvalue weighted by Gasteiger charge is -2.36. The summed E-state index contributed by atoms with van der Waals surface area (Å²) in [6.45, 7) is 0. The number of nitrogens with zero attached hydrogens (tertiary/aromatic N) is 5. The maximum absolute atomic E-state index is 12.2. The van der Waals surface area contributed by atoms with Crippen LogP contribution in [0.5, 0.6) is 0 Å². The normalized spacial score (nSPS) is 19.9. The van der Waals surface area contributed by atoms with Crippen molar-refractivity contribution in [2.24, 2.45) is 5.73 Å². The van der Waals surface area contributed by atoms with E-state index in [9.17, 15) is 14.9 Å². The van der Waals surface area contributed by atoms with Crippen molar-refractivity contribution in [3.63, 3.8) is 0 Å². The number of benzene rings is 1. The number of aromatic nitrogens is 2. The number of carbonyl (C=O) groups excluding carboxylic acids is 1. The van der Waals surface area contributed by atoms with Crippen LogP contribution in [-0.2, 0) is 12.8 Å². The van der Waals surface area contributed by atoms with Crippen molar-refractivity contribution in [1.29, 1.82) is 0 Å². The molecule has 10 nitrogen and oxygen atoms in total. The number of primary amides is 1. The number of non-ortho nitro benzene ring substituents is 1. The highest BCUT2D eigenvalue weighted by molar-refractivity contribution is 5.91. The molecular weight excluding hydrogens is 422 g/mol. The number of amides is 2. The zero-order valence-corrected chi connectivity index (χ0v) is 19.2. The first-order chi connectivity index (χ1) is 15.8. The van der Waals surface area contributed by atoms with E-state index >= 15 is 0 Å². The van der Waals surface area contributed by atoms with Gasteiger partial charge < -0.3 is 16.0 Å². The number of nitro benzene ring substituents is 1. The number of nitrogens with two attached hydrogens (primary N) is 1. The van der Waals surface area contributed by atoms with Crippen LogP contribution in [0.15, 0.2) is 24.3 Å². The van der Waals surface area contributed by atoms with Gasteiger partial charge in [-0.1, -0.05) is 6.07 Å². The number of carbonyl (C=O) groups is 1. The summed E-state index contributed by atoms with van der Waals surface area (Å²) in [5.41, 5.74) is 8.47. The number of anilines is 3. The molecule has 1 heterocycles. The van der Waals surface area contributed by atoms with Crippen LogP contribution < -0.4 is 20.9 Å². The van der Waals surface area contributed by atoms with Gasteiger partial charge in [0.1, 0.15) is 5.82 Å². The largest absolute Gasteiger partial charge is 0.362 e. The van der Waals surface area contributed by atoms with E-state index in [-0.39, 0.29) is 17.8 Å². The van der Waals surface area contributed by atoms with Crippen LogP contribution in [0, 0.1) is 10.1 Å². The zero-order valence-electron chi connectivity index (χ0n) is 19.2. The molecule has 0 bridgehead atoms. The molecule has 0 unspecified atom stereocenters. The Morgan fingerprint density at radius 2 is 1.88 bits per heavy atom. The highest BCUT2D eigenvalue weighted by atomic mass is 16.6. The average Bonchev–Trinajstić information content (AvgIpc) is 2.79. The van der Waals surface area contributed by atoms with Crippen LogP contribution in [0.4, 0.5) is 27.9 Å². The third kappa shape index (κ3) is 4.99. The van der Waals surface area contributed by atoms with Crippen molar-refractivity contribution < 1.29 is 9.72 Å². The standard InChI is InChI=1S/C23H31N7O3/c1-28(2)21-19-8-3-4-9-20(19)26-23(27-21)25-15-10-12-16(13-11-15)29(22(24)31)17-6-5-7-18(14-17)30(32)33/h5-7,14-16H,3-4,8-13H2,1-2H3,(H2,24,31)(H,25,26,27)/t15-,16+. The first-order valence-electron chi connectivity index (χ1n) is 11.5. The van der Waals surface area contributed by atoms with E-state index in [1.54, 1.807) is 12.1 Å². The van der Waals surface area contributed by atoms with Gasteiger partial charge in [-0.05, 0) is 57.4 Å². The minimum atomic E-state index is -0.597. The van der Waals surface area contributed by atoms with Crippen molar-refractivity contribution >= 4 is 29.2 Å². The van der Waals surface area contributed by atoms with Crippen molar-refractivity contribution in [1.82, 2.24) is 9.97 Å². The van der Waals surface area contributed by atoms with E-state index in [2.05, 4.69) is 10.2 Å². The number of hydrogen-bond donors (Lipinski definition) is 2. The zero-order chi connectivity index (χ0) is 23.5. The number of nitrogens with one attached hydrogen (secondary N) is 1. The van der Waals surface area contributed by atoms with Gasteiger partial charge >= 0.3 is 6.03 Å². The number of hydrogen-bond acceptors (Lipinski definition) is 7. The molecule has 33 heavy (non-hydrogen) atoms. The van der Waals surface area contributed by atoms with Gasteiger partial charge in [-0.3, -0.25) is 15.0 Å². The molecule has 1 aromatic carbocycles.